The summed E-state index contributed by atoms with van der Waals surface area (Å²) in [6, 6.07) is 29.4. The van der Waals surface area contributed by atoms with Crippen molar-refractivity contribution in [3.8, 4) is 0 Å². The molecule has 1 saturated heterocycles. The highest BCUT2D eigenvalue weighted by Gasteiger charge is 2.30. The maximum absolute atomic E-state index is 2.64. The number of nitrogens with zero attached hydrogens (tertiary/aromatic N) is 2. The van der Waals surface area contributed by atoms with Crippen LogP contribution >= 0.6 is 11.8 Å². The van der Waals surface area contributed by atoms with Gasteiger partial charge in [-0.3, -0.25) is 4.90 Å². The number of benzene rings is 3. The summed E-state index contributed by atoms with van der Waals surface area (Å²) in [6.45, 7) is 3.39. The van der Waals surface area contributed by atoms with Crippen LogP contribution in [0.15, 0.2) is 83.8 Å². The van der Waals surface area contributed by atoms with Gasteiger partial charge < -0.3 is 4.90 Å². The molecule has 3 aromatic rings. The highest BCUT2D eigenvalue weighted by Crippen LogP contribution is 2.44. The quantitative estimate of drug-likeness (QED) is 0.537. The van der Waals surface area contributed by atoms with Crippen molar-refractivity contribution in [1.29, 1.82) is 0 Å². The zero-order chi connectivity index (χ0) is 18.8. The normalized spacial score (nSPS) is 17.6. The van der Waals surface area contributed by atoms with E-state index in [9.17, 15) is 0 Å². The molecule has 0 saturated carbocycles. The Morgan fingerprint density at radius 1 is 0.750 bits per heavy atom. The van der Waals surface area contributed by atoms with E-state index in [0.29, 0.717) is 6.04 Å². The summed E-state index contributed by atoms with van der Waals surface area (Å²) >= 11 is 1.97. The maximum Gasteiger partial charge on any atom is 0.0551 e. The molecule has 3 heteroatoms. The van der Waals surface area contributed by atoms with Gasteiger partial charge in [-0.1, -0.05) is 60.7 Å². The van der Waals surface area contributed by atoms with Crippen molar-refractivity contribution in [2.45, 2.75) is 36.1 Å². The summed E-state index contributed by atoms with van der Waals surface area (Å²) < 4.78 is 0. The number of likely N-dealkylation sites (tertiary alicyclic amines) is 1. The second kappa shape index (κ2) is 8.02. The number of para-hydroxylation sites is 2. The van der Waals surface area contributed by atoms with Gasteiger partial charge >= 0.3 is 0 Å². The lowest BCUT2D eigenvalue weighted by Crippen LogP contribution is -2.43. The molecule has 0 radical (unpaired) electrons. The van der Waals surface area contributed by atoms with Gasteiger partial charge in [-0.15, -0.1) is 11.8 Å². The molecule has 0 atom stereocenters. The Labute approximate surface area is 172 Å². The standard InChI is InChI=1S/C25H26N2S/c1-2-8-20(9-3-1)18-26-16-14-22(15-17-26)27-23-11-5-4-10-21(23)19-28-25-13-7-6-12-24(25)27/h1-13,22H,14-19H2. The van der Waals surface area contributed by atoms with Crippen LogP contribution in [0.2, 0.25) is 0 Å². The zero-order valence-corrected chi connectivity index (χ0v) is 16.9. The summed E-state index contributed by atoms with van der Waals surface area (Å²) in [5.41, 5.74) is 5.67. The molecule has 28 heavy (non-hydrogen) atoms. The largest absolute Gasteiger partial charge is 0.337 e. The van der Waals surface area contributed by atoms with E-state index in [1.165, 1.54) is 40.2 Å². The summed E-state index contributed by atoms with van der Waals surface area (Å²) in [5.74, 6) is 1.05. The van der Waals surface area contributed by atoms with Crippen LogP contribution in [0.3, 0.4) is 0 Å². The minimum atomic E-state index is 0.563. The highest BCUT2D eigenvalue weighted by atomic mass is 32.2. The summed E-state index contributed by atoms with van der Waals surface area (Å²) in [7, 11) is 0. The van der Waals surface area contributed by atoms with Crippen molar-refractivity contribution in [3.05, 3.63) is 90.0 Å². The Bertz CT molecular complexity index is 885. The number of rotatable bonds is 3. The SMILES string of the molecule is c1ccc(CN2CCC(N3c4ccccc4CSc4ccccc43)CC2)cc1. The smallest absolute Gasteiger partial charge is 0.0551 e. The molecule has 2 aliphatic rings. The first-order valence-electron chi connectivity index (χ1n) is 10.2. The molecular weight excluding hydrogens is 360 g/mol. The predicted molar refractivity (Wildman–Crippen MR) is 119 cm³/mol. The Morgan fingerprint density at radius 3 is 2.25 bits per heavy atom. The van der Waals surface area contributed by atoms with Crippen LogP contribution in [0.4, 0.5) is 11.4 Å². The van der Waals surface area contributed by atoms with E-state index in [-0.39, 0.29) is 0 Å². The first kappa shape index (κ1) is 17.8. The summed E-state index contributed by atoms with van der Waals surface area (Å²) in [4.78, 5) is 6.66. The number of anilines is 2. The molecule has 2 nitrogen and oxygen atoms in total. The summed E-state index contributed by atoms with van der Waals surface area (Å²) in [6.07, 6.45) is 2.42. The van der Waals surface area contributed by atoms with Crippen molar-refractivity contribution in [2.75, 3.05) is 18.0 Å². The minimum absolute atomic E-state index is 0.563. The Balaban J connectivity index is 1.39. The molecule has 5 rings (SSSR count). The zero-order valence-electron chi connectivity index (χ0n) is 16.1. The third-order valence-electron chi connectivity index (χ3n) is 5.93. The number of hydrogen-bond acceptors (Lipinski definition) is 3. The molecule has 0 N–H and O–H groups in total. The van der Waals surface area contributed by atoms with Crippen molar-refractivity contribution in [3.63, 3.8) is 0 Å². The monoisotopic (exact) mass is 386 g/mol. The van der Waals surface area contributed by atoms with Gasteiger partial charge in [-0.05, 0) is 42.2 Å². The van der Waals surface area contributed by atoms with E-state index in [4.69, 9.17) is 0 Å². The topological polar surface area (TPSA) is 6.48 Å². The van der Waals surface area contributed by atoms with Crippen LogP contribution in [-0.4, -0.2) is 24.0 Å². The first-order chi connectivity index (χ1) is 13.9. The highest BCUT2D eigenvalue weighted by molar-refractivity contribution is 7.98. The number of hydrogen-bond donors (Lipinski definition) is 0. The molecule has 3 aromatic carbocycles. The fraction of sp³-hybridized carbons (Fsp3) is 0.280. The molecule has 0 unspecified atom stereocenters. The minimum Gasteiger partial charge on any atom is -0.337 e. The number of thioether (sulfide) groups is 1. The van der Waals surface area contributed by atoms with Gasteiger partial charge in [0.05, 0.1) is 5.69 Å². The molecule has 1 fully saturated rings. The first-order valence-corrected chi connectivity index (χ1v) is 11.2. The van der Waals surface area contributed by atoms with Crippen molar-refractivity contribution in [2.24, 2.45) is 0 Å². The number of piperidine rings is 1. The molecule has 2 heterocycles. The van der Waals surface area contributed by atoms with Crippen LogP contribution < -0.4 is 4.90 Å². The lowest BCUT2D eigenvalue weighted by Gasteiger charge is -2.40. The predicted octanol–water partition coefficient (Wildman–Crippen LogP) is 6.10. The van der Waals surface area contributed by atoms with E-state index < -0.39 is 0 Å². The van der Waals surface area contributed by atoms with E-state index in [2.05, 4.69) is 88.7 Å². The Hall–Kier alpha value is -2.23. The van der Waals surface area contributed by atoms with Crippen LogP contribution in [-0.2, 0) is 12.3 Å². The third-order valence-corrected chi connectivity index (χ3v) is 7.04. The fourth-order valence-corrected chi connectivity index (χ4v) is 5.55. The van der Waals surface area contributed by atoms with E-state index >= 15 is 0 Å². The molecule has 0 bridgehead atoms. The van der Waals surface area contributed by atoms with Gasteiger partial charge in [0.15, 0.2) is 0 Å². The average molecular weight is 387 g/mol. The van der Waals surface area contributed by atoms with Crippen LogP contribution in [0, 0.1) is 0 Å². The molecule has 0 spiro atoms. The van der Waals surface area contributed by atoms with Crippen LogP contribution in [0.5, 0.6) is 0 Å². The lowest BCUT2D eigenvalue weighted by molar-refractivity contribution is 0.205. The molecule has 0 amide bonds. The average Bonchev–Trinajstić information content (AvgIpc) is 2.92. The van der Waals surface area contributed by atoms with Crippen molar-refractivity contribution in [1.82, 2.24) is 4.90 Å². The lowest BCUT2D eigenvalue weighted by atomic mass is 9.99. The summed E-state index contributed by atoms with van der Waals surface area (Å²) in [5, 5.41) is 0. The Kier molecular flexibility index (Phi) is 5.11. The van der Waals surface area contributed by atoms with E-state index in [0.717, 1.165) is 25.4 Å². The van der Waals surface area contributed by atoms with Crippen LogP contribution in [0.1, 0.15) is 24.0 Å². The molecule has 2 aliphatic heterocycles. The Morgan fingerprint density at radius 2 is 1.43 bits per heavy atom. The van der Waals surface area contributed by atoms with Gasteiger partial charge in [-0.25, -0.2) is 0 Å². The van der Waals surface area contributed by atoms with Gasteiger partial charge in [0, 0.05) is 42.0 Å². The molecule has 142 valence electrons. The third kappa shape index (κ3) is 3.57. The van der Waals surface area contributed by atoms with E-state index in [1.54, 1.807) is 0 Å². The van der Waals surface area contributed by atoms with Gasteiger partial charge in [0.2, 0.25) is 0 Å². The molecular formula is C25H26N2S. The maximum atomic E-state index is 2.64. The molecule has 0 aromatic heterocycles. The van der Waals surface area contributed by atoms with Gasteiger partial charge in [0.25, 0.3) is 0 Å². The van der Waals surface area contributed by atoms with Crippen molar-refractivity contribution >= 4 is 23.1 Å². The second-order valence-electron chi connectivity index (χ2n) is 7.75. The second-order valence-corrected chi connectivity index (χ2v) is 8.77. The fourth-order valence-electron chi connectivity index (χ4n) is 4.50. The van der Waals surface area contributed by atoms with Gasteiger partial charge in [-0.2, -0.15) is 0 Å². The number of fused-ring (bicyclic) bond motifs is 2. The van der Waals surface area contributed by atoms with Crippen LogP contribution in [0.25, 0.3) is 0 Å². The van der Waals surface area contributed by atoms with Crippen molar-refractivity contribution < 1.29 is 0 Å². The molecule has 0 aliphatic carbocycles. The van der Waals surface area contributed by atoms with E-state index in [1.807, 2.05) is 11.8 Å². The van der Waals surface area contributed by atoms with Gasteiger partial charge in [0.1, 0.15) is 0 Å².